The van der Waals surface area contributed by atoms with E-state index in [4.69, 9.17) is 16.3 Å². The Morgan fingerprint density at radius 2 is 1.68 bits per heavy atom. The van der Waals surface area contributed by atoms with Gasteiger partial charge in [-0.1, -0.05) is 30.7 Å². The molecule has 1 aliphatic rings. The topological polar surface area (TPSA) is 79.0 Å². The van der Waals surface area contributed by atoms with E-state index < -0.39 is 17.1 Å². The number of thioether (sulfide) groups is 1. The molecule has 1 aliphatic heterocycles. The summed E-state index contributed by atoms with van der Waals surface area (Å²) in [6, 6.07) is 14.7. The molecule has 1 fully saturated rings. The van der Waals surface area contributed by atoms with E-state index >= 15 is 0 Å². The number of carbonyl (C=O) groups excluding carboxylic acids is 3. The van der Waals surface area contributed by atoms with Crippen LogP contribution in [0, 0.1) is 0 Å². The number of hydrogen-bond acceptors (Lipinski definition) is 6. The van der Waals surface area contributed by atoms with Gasteiger partial charge in [-0.3, -0.25) is 19.3 Å². The van der Waals surface area contributed by atoms with Crippen molar-refractivity contribution in [2.24, 2.45) is 0 Å². The van der Waals surface area contributed by atoms with Crippen LogP contribution in [0.2, 0.25) is 5.02 Å². The molecule has 7 nitrogen and oxygen atoms in total. The third-order valence-electron chi connectivity index (χ3n) is 5.68. The van der Waals surface area contributed by atoms with Gasteiger partial charge in [0.15, 0.2) is 5.25 Å². The Hall–Kier alpha value is -2.55. The number of amides is 2. The fourth-order valence-corrected chi connectivity index (χ4v) is 4.63. The Balaban J connectivity index is 1.48. The largest absolute Gasteiger partial charge is 0.468 e. The molecule has 1 saturated heterocycles. The molecular weight excluding hydrogens is 474 g/mol. The second-order valence-electron chi connectivity index (χ2n) is 7.94. The normalized spacial score (nSPS) is 15.0. The van der Waals surface area contributed by atoms with Crippen molar-refractivity contribution in [3.63, 3.8) is 0 Å². The van der Waals surface area contributed by atoms with E-state index in [-0.39, 0.29) is 5.91 Å². The number of carbonyl (C=O) groups is 3. The van der Waals surface area contributed by atoms with Crippen LogP contribution < -0.4 is 5.32 Å². The average molecular weight is 504 g/mol. The molecule has 0 spiro atoms. The maximum atomic E-state index is 12.9. The molecule has 0 aromatic heterocycles. The fraction of sp³-hybridized carbons (Fsp3) is 0.400. The van der Waals surface area contributed by atoms with Crippen LogP contribution in [0.4, 0.5) is 5.69 Å². The number of benzene rings is 2. The van der Waals surface area contributed by atoms with E-state index in [1.165, 1.54) is 24.4 Å². The molecule has 3 rings (SSSR count). The van der Waals surface area contributed by atoms with Gasteiger partial charge >= 0.3 is 5.97 Å². The highest BCUT2D eigenvalue weighted by Crippen LogP contribution is 2.18. The molecule has 0 aliphatic carbocycles. The molecule has 2 amide bonds. The molecule has 9 heteroatoms. The van der Waals surface area contributed by atoms with E-state index in [1.54, 1.807) is 24.3 Å². The minimum atomic E-state index is -0.924. The Kier molecular flexibility index (Phi) is 9.80. The highest BCUT2D eigenvalue weighted by atomic mass is 35.5. The quantitative estimate of drug-likeness (QED) is 0.416. The van der Waals surface area contributed by atoms with Crippen LogP contribution in [0.5, 0.6) is 0 Å². The summed E-state index contributed by atoms with van der Waals surface area (Å²) in [6.07, 6.45) is 0.950. The van der Waals surface area contributed by atoms with Crippen LogP contribution in [0.3, 0.4) is 0 Å². The summed E-state index contributed by atoms with van der Waals surface area (Å²) >= 11 is 7.15. The number of ether oxygens (including phenoxy) is 1. The van der Waals surface area contributed by atoms with Crippen molar-refractivity contribution in [3.05, 3.63) is 64.7 Å². The third-order valence-corrected chi connectivity index (χ3v) is 7.00. The van der Waals surface area contributed by atoms with Crippen LogP contribution in [0.1, 0.15) is 22.8 Å². The van der Waals surface area contributed by atoms with Gasteiger partial charge in [-0.15, -0.1) is 11.8 Å². The Morgan fingerprint density at radius 3 is 2.26 bits per heavy atom. The highest BCUT2D eigenvalue weighted by molar-refractivity contribution is 8.01. The van der Waals surface area contributed by atoms with Crippen molar-refractivity contribution in [2.75, 3.05) is 50.9 Å². The number of halogens is 1. The zero-order valence-corrected chi connectivity index (χ0v) is 21.0. The number of nitrogens with one attached hydrogen (secondary N) is 1. The lowest BCUT2D eigenvalue weighted by atomic mass is 10.1. The molecule has 1 N–H and O–H groups in total. The smallest absolute Gasteiger partial charge is 0.328 e. The number of methoxy groups -OCH3 is 1. The van der Waals surface area contributed by atoms with Crippen LogP contribution in [0.25, 0.3) is 0 Å². The van der Waals surface area contributed by atoms with E-state index in [1.807, 2.05) is 36.1 Å². The first-order valence-electron chi connectivity index (χ1n) is 11.3. The van der Waals surface area contributed by atoms with Gasteiger partial charge < -0.3 is 15.0 Å². The van der Waals surface area contributed by atoms with Crippen LogP contribution in [0.15, 0.2) is 48.5 Å². The Labute approximate surface area is 209 Å². The highest BCUT2D eigenvalue weighted by Gasteiger charge is 2.28. The number of esters is 1. The van der Waals surface area contributed by atoms with Crippen LogP contribution >= 0.6 is 23.4 Å². The predicted molar refractivity (Wildman–Crippen MR) is 137 cm³/mol. The minimum Gasteiger partial charge on any atom is -0.468 e. The Bertz CT molecular complexity index is 977. The average Bonchev–Trinajstić information content (AvgIpc) is 2.86. The first-order chi connectivity index (χ1) is 16.4. The van der Waals surface area contributed by atoms with Crippen molar-refractivity contribution < 1.29 is 19.1 Å². The predicted octanol–water partition coefficient (Wildman–Crippen LogP) is 3.57. The molecule has 1 atom stereocenters. The van der Waals surface area contributed by atoms with Gasteiger partial charge in [-0.2, -0.15) is 0 Å². The molecule has 34 heavy (non-hydrogen) atoms. The van der Waals surface area contributed by atoms with Gasteiger partial charge in [0.1, 0.15) is 0 Å². The summed E-state index contributed by atoms with van der Waals surface area (Å²) in [5.74, 6) is -0.435. The summed E-state index contributed by atoms with van der Waals surface area (Å²) in [4.78, 5) is 41.4. The molecule has 1 unspecified atom stereocenters. The molecular formula is C25H30ClN3O4S. The maximum absolute atomic E-state index is 12.9. The zero-order valence-electron chi connectivity index (χ0n) is 19.5. The molecule has 182 valence electrons. The fourth-order valence-electron chi connectivity index (χ4n) is 3.72. The molecule has 0 bridgehead atoms. The second-order valence-corrected chi connectivity index (χ2v) is 9.75. The van der Waals surface area contributed by atoms with Crippen LogP contribution in [-0.4, -0.2) is 78.4 Å². The van der Waals surface area contributed by atoms with E-state index in [0.29, 0.717) is 30.1 Å². The van der Waals surface area contributed by atoms with Crippen molar-refractivity contribution in [3.8, 4) is 0 Å². The monoisotopic (exact) mass is 503 g/mol. The first kappa shape index (κ1) is 26.1. The van der Waals surface area contributed by atoms with Crippen molar-refractivity contribution >= 4 is 46.8 Å². The SMILES string of the molecule is CCSC(C(=O)Nc1ccc(C(=O)N2CCN(CCc3ccc(Cl)cc3)CC2)cc1)C(=O)OC. The van der Waals surface area contributed by atoms with E-state index in [9.17, 15) is 14.4 Å². The van der Waals surface area contributed by atoms with Gasteiger partial charge in [-0.05, 0) is 54.1 Å². The second kappa shape index (κ2) is 12.8. The zero-order chi connectivity index (χ0) is 24.5. The standard InChI is InChI=1S/C25H30ClN3O4S/c1-3-34-22(25(32)33-2)23(30)27-21-10-6-19(7-11-21)24(31)29-16-14-28(15-17-29)13-12-18-4-8-20(26)9-5-18/h4-11,22H,3,12-17H2,1-2H3,(H,27,30). The molecule has 0 radical (unpaired) electrons. The molecule has 0 saturated carbocycles. The summed E-state index contributed by atoms with van der Waals surface area (Å²) < 4.78 is 4.71. The first-order valence-corrected chi connectivity index (χ1v) is 12.7. The summed E-state index contributed by atoms with van der Waals surface area (Å²) in [7, 11) is 1.26. The lowest BCUT2D eigenvalue weighted by Gasteiger charge is -2.34. The number of piperazine rings is 1. The number of hydrogen-bond donors (Lipinski definition) is 1. The van der Waals surface area contributed by atoms with E-state index in [0.717, 1.165) is 31.1 Å². The van der Waals surface area contributed by atoms with Crippen LogP contribution in [-0.2, 0) is 20.7 Å². The molecule has 2 aromatic rings. The summed E-state index contributed by atoms with van der Waals surface area (Å²) in [5.41, 5.74) is 2.35. The lowest BCUT2D eigenvalue weighted by Crippen LogP contribution is -2.49. The molecule has 2 aromatic carbocycles. The summed E-state index contributed by atoms with van der Waals surface area (Å²) in [5, 5.41) is 2.54. The van der Waals surface area contributed by atoms with Gasteiger partial charge in [0.25, 0.3) is 5.91 Å². The van der Waals surface area contributed by atoms with Gasteiger partial charge in [-0.25, -0.2) is 0 Å². The summed E-state index contributed by atoms with van der Waals surface area (Å²) in [6.45, 7) is 5.82. The number of anilines is 1. The van der Waals surface area contributed by atoms with E-state index in [2.05, 4.69) is 10.2 Å². The van der Waals surface area contributed by atoms with Crippen molar-refractivity contribution in [1.29, 1.82) is 0 Å². The van der Waals surface area contributed by atoms with Gasteiger partial charge in [0, 0.05) is 49.0 Å². The minimum absolute atomic E-state index is 0.0239. The number of rotatable bonds is 9. The van der Waals surface area contributed by atoms with Crippen molar-refractivity contribution in [1.82, 2.24) is 9.80 Å². The third kappa shape index (κ3) is 7.22. The van der Waals surface area contributed by atoms with Gasteiger partial charge in [0.2, 0.25) is 5.91 Å². The van der Waals surface area contributed by atoms with Crippen molar-refractivity contribution in [2.45, 2.75) is 18.6 Å². The Morgan fingerprint density at radius 1 is 1.03 bits per heavy atom. The maximum Gasteiger partial charge on any atom is 0.328 e. The number of nitrogens with zero attached hydrogens (tertiary/aromatic N) is 2. The molecule has 1 heterocycles. The lowest BCUT2D eigenvalue weighted by molar-refractivity contribution is -0.142. The van der Waals surface area contributed by atoms with Gasteiger partial charge in [0.05, 0.1) is 7.11 Å².